The number of benzene rings is 1. The van der Waals surface area contributed by atoms with Crippen LogP contribution in [0, 0.1) is 13.8 Å². The van der Waals surface area contributed by atoms with Gasteiger partial charge in [0, 0.05) is 35.0 Å². The van der Waals surface area contributed by atoms with Crippen molar-refractivity contribution in [3.63, 3.8) is 0 Å². The quantitative estimate of drug-likeness (QED) is 0.712. The zero-order valence-electron chi connectivity index (χ0n) is 14.6. The van der Waals surface area contributed by atoms with Crippen LogP contribution >= 0.6 is 15.9 Å². The number of rotatable bonds is 3. The predicted molar refractivity (Wildman–Crippen MR) is 102 cm³/mol. The molecule has 0 radical (unpaired) electrons. The molecular formula is C18H19BrN6O. The Morgan fingerprint density at radius 1 is 1.27 bits per heavy atom. The van der Waals surface area contributed by atoms with E-state index in [1.807, 2.05) is 38.1 Å². The summed E-state index contributed by atoms with van der Waals surface area (Å²) in [5, 5.41) is 7.34. The SMILES string of the molecule is Cc1cc(C)n2nc(C(=O)NC3CCN(c4ccccc4Br)C3)nc2n1. The number of nitrogens with zero attached hydrogens (tertiary/aromatic N) is 5. The predicted octanol–water partition coefficient (Wildman–Crippen LogP) is 2.51. The lowest BCUT2D eigenvalue weighted by atomic mass is 10.2. The van der Waals surface area contributed by atoms with Gasteiger partial charge in [0.1, 0.15) is 0 Å². The molecule has 134 valence electrons. The van der Waals surface area contributed by atoms with E-state index in [2.05, 4.69) is 47.3 Å². The fourth-order valence-corrected chi connectivity index (χ4v) is 3.85. The zero-order valence-corrected chi connectivity index (χ0v) is 16.2. The Kier molecular flexibility index (Phi) is 4.36. The molecule has 1 amide bonds. The Morgan fingerprint density at radius 2 is 2.08 bits per heavy atom. The maximum atomic E-state index is 12.6. The van der Waals surface area contributed by atoms with Gasteiger partial charge in [-0.25, -0.2) is 9.50 Å². The van der Waals surface area contributed by atoms with Crippen molar-refractivity contribution < 1.29 is 4.79 Å². The van der Waals surface area contributed by atoms with Crippen molar-refractivity contribution in [3.05, 3.63) is 52.0 Å². The summed E-state index contributed by atoms with van der Waals surface area (Å²) in [6, 6.07) is 10.1. The maximum absolute atomic E-state index is 12.6. The average Bonchev–Trinajstić information content (AvgIpc) is 3.22. The first-order chi connectivity index (χ1) is 12.5. The third kappa shape index (κ3) is 3.16. The molecule has 0 saturated carbocycles. The molecule has 26 heavy (non-hydrogen) atoms. The van der Waals surface area contributed by atoms with Crippen molar-refractivity contribution in [2.24, 2.45) is 0 Å². The molecule has 1 atom stereocenters. The van der Waals surface area contributed by atoms with E-state index >= 15 is 0 Å². The minimum Gasteiger partial charge on any atom is -0.368 e. The van der Waals surface area contributed by atoms with Crippen molar-refractivity contribution in [3.8, 4) is 0 Å². The van der Waals surface area contributed by atoms with Crippen molar-refractivity contribution in [1.82, 2.24) is 24.9 Å². The third-order valence-electron chi connectivity index (χ3n) is 4.54. The van der Waals surface area contributed by atoms with Crippen LogP contribution < -0.4 is 10.2 Å². The van der Waals surface area contributed by atoms with E-state index in [9.17, 15) is 4.79 Å². The van der Waals surface area contributed by atoms with Gasteiger partial charge in [0.2, 0.25) is 5.82 Å². The number of aromatic nitrogens is 4. The Hall–Kier alpha value is -2.48. The summed E-state index contributed by atoms with van der Waals surface area (Å²) in [6.45, 7) is 5.48. The first-order valence-electron chi connectivity index (χ1n) is 8.52. The molecule has 1 aliphatic heterocycles. The summed E-state index contributed by atoms with van der Waals surface area (Å²) in [5.41, 5.74) is 2.90. The molecule has 3 heterocycles. The Bertz CT molecular complexity index is 985. The standard InChI is InChI=1S/C18H19BrN6O/c1-11-9-12(2)25-18(20-11)22-16(23-25)17(26)21-13-7-8-24(10-13)15-6-4-3-5-14(15)19/h3-6,9,13H,7-8,10H2,1-2H3,(H,21,26). The lowest BCUT2D eigenvalue weighted by Crippen LogP contribution is -2.37. The topological polar surface area (TPSA) is 75.4 Å². The monoisotopic (exact) mass is 414 g/mol. The molecule has 1 unspecified atom stereocenters. The number of halogens is 1. The highest BCUT2D eigenvalue weighted by atomic mass is 79.9. The van der Waals surface area contributed by atoms with E-state index in [1.165, 1.54) is 0 Å². The van der Waals surface area contributed by atoms with Crippen LogP contribution in [0.3, 0.4) is 0 Å². The molecule has 1 aliphatic rings. The van der Waals surface area contributed by atoms with Crippen molar-refractivity contribution in [2.75, 3.05) is 18.0 Å². The number of para-hydroxylation sites is 1. The minimum absolute atomic E-state index is 0.0667. The summed E-state index contributed by atoms with van der Waals surface area (Å²) >= 11 is 3.59. The van der Waals surface area contributed by atoms with Crippen LogP contribution in [0.5, 0.6) is 0 Å². The summed E-state index contributed by atoms with van der Waals surface area (Å²) in [7, 11) is 0. The van der Waals surface area contributed by atoms with Gasteiger partial charge in [-0.15, -0.1) is 5.10 Å². The van der Waals surface area contributed by atoms with Crippen LogP contribution in [-0.4, -0.2) is 44.6 Å². The van der Waals surface area contributed by atoms with E-state index in [4.69, 9.17) is 0 Å². The minimum atomic E-state index is -0.258. The Balaban J connectivity index is 1.47. The van der Waals surface area contributed by atoms with Gasteiger partial charge in [0.25, 0.3) is 11.7 Å². The van der Waals surface area contributed by atoms with Gasteiger partial charge < -0.3 is 10.2 Å². The molecule has 2 aromatic heterocycles. The van der Waals surface area contributed by atoms with Gasteiger partial charge in [-0.3, -0.25) is 4.79 Å². The van der Waals surface area contributed by atoms with Gasteiger partial charge in [-0.1, -0.05) is 12.1 Å². The molecule has 1 fully saturated rings. The van der Waals surface area contributed by atoms with Crippen molar-refractivity contribution in [1.29, 1.82) is 0 Å². The van der Waals surface area contributed by atoms with Crippen LogP contribution in [-0.2, 0) is 0 Å². The average molecular weight is 415 g/mol. The molecule has 3 aromatic rings. The molecule has 0 spiro atoms. The van der Waals surface area contributed by atoms with E-state index < -0.39 is 0 Å². The fourth-order valence-electron chi connectivity index (χ4n) is 3.32. The van der Waals surface area contributed by atoms with E-state index in [0.717, 1.165) is 41.1 Å². The molecule has 1 N–H and O–H groups in total. The number of hydrogen-bond acceptors (Lipinski definition) is 5. The van der Waals surface area contributed by atoms with Gasteiger partial charge >= 0.3 is 0 Å². The highest BCUT2D eigenvalue weighted by Gasteiger charge is 2.26. The van der Waals surface area contributed by atoms with Gasteiger partial charge in [0.05, 0.1) is 5.69 Å². The lowest BCUT2D eigenvalue weighted by molar-refractivity contribution is 0.0930. The largest absolute Gasteiger partial charge is 0.368 e. The molecule has 0 aliphatic carbocycles. The highest BCUT2D eigenvalue weighted by molar-refractivity contribution is 9.10. The molecule has 4 rings (SSSR count). The first-order valence-corrected chi connectivity index (χ1v) is 9.32. The van der Waals surface area contributed by atoms with Crippen LogP contribution in [0.2, 0.25) is 0 Å². The number of carbonyl (C=O) groups excluding carboxylic acids is 1. The number of hydrogen-bond donors (Lipinski definition) is 1. The lowest BCUT2D eigenvalue weighted by Gasteiger charge is -2.20. The normalized spacial score (nSPS) is 17.0. The number of fused-ring (bicyclic) bond motifs is 1. The van der Waals surface area contributed by atoms with Crippen LogP contribution in [0.25, 0.3) is 5.78 Å². The van der Waals surface area contributed by atoms with E-state index in [0.29, 0.717) is 5.78 Å². The second kappa shape index (κ2) is 6.68. The molecular weight excluding hydrogens is 396 g/mol. The molecule has 7 nitrogen and oxygen atoms in total. The highest BCUT2D eigenvalue weighted by Crippen LogP contribution is 2.28. The number of aryl methyl sites for hydroxylation is 2. The number of carbonyl (C=O) groups is 1. The zero-order chi connectivity index (χ0) is 18.3. The number of anilines is 1. The van der Waals surface area contributed by atoms with Gasteiger partial charge in [0.15, 0.2) is 0 Å². The first kappa shape index (κ1) is 17.0. The Morgan fingerprint density at radius 3 is 2.88 bits per heavy atom. The third-order valence-corrected chi connectivity index (χ3v) is 5.21. The summed E-state index contributed by atoms with van der Waals surface area (Å²) in [6.07, 6.45) is 0.886. The van der Waals surface area contributed by atoms with Crippen molar-refractivity contribution in [2.45, 2.75) is 26.3 Å². The molecule has 0 bridgehead atoms. The van der Waals surface area contributed by atoms with Gasteiger partial charge in [-0.2, -0.15) is 4.98 Å². The smallest absolute Gasteiger partial charge is 0.291 e. The summed E-state index contributed by atoms with van der Waals surface area (Å²) in [5.74, 6) is 0.353. The molecule has 1 aromatic carbocycles. The maximum Gasteiger partial charge on any atom is 0.291 e. The van der Waals surface area contributed by atoms with E-state index in [1.54, 1.807) is 4.52 Å². The Labute approximate surface area is 159 Å². The summed E-state index contributed by atoms with van der Waals surface area (Å²) in [4.78, 5) is 23.4. The van der Waals surface area contributed by atoms with Crippen LogP contribution in [0.4, 0.5) is 5.69 Å². The van der Waals surface area contributed by atoms with Crippen LogP contribution in [0.15, 0.2) is 34.8 Å². The summed E-state index contributed by atoms with van der Waals surface area (Å²) < 4.78 is 2.66. The fraction of sp³-hybridized carbons (Fsp3) is 0.333. The second-order valence-electron chi connectivity index (χ2n) is 6.54. The van der Waals surface area contributed by atoms with Crippen LogP contribution in [0.1, 0.15) is 28.4 Å². The number of nitrogens with one attached hydrogen (secondary N) is 1. The number of amides is 1. The molecule has 8 heteroatoms. The van der Waals surface area contributed by atoms with Crippen molar-refractivity contribution >= 4 is 33.3 Å². The van der Waals surface area contributed by atoms with E-state index in [-0.39, 0.29) is 17.8 Å². The second-order valence-corrected chi connectivity index (χ2v) is 7.40. The van der Waals surface area contributed by atoms with Gasteiger partial charge in [-0.05, 0) is 54.4 Å². The molecule has 1 saturated heterocycles.